The van der Waals surface area contributed by atoms with Crippen LogP contribution in [0.5, 0.6) is 17.2 Å². The molecule has 5 nitrogen and oxygen atoms in total. The molecule has 5 heteroatoms. The highest BCUT2D eigenvalue weighted by atomic mass is 16.5. The third kappa shape index (κ3) is 4.66. The third-order valence-corrected chi connectivity index (χ3v) is 4.07. The van der Waals surface area contributed by atoms with Crippen molar-refractivity contribution in [3.05, 3.63) is 53.1 Å². The van der Waals surface area contributed by atoms with Crippen molar-refractivity contribution in [3.63, 3.8) is 0 Å². The van der Waals surface area contributed by atoms with Crippen LogP contribution in [0, 0.1) is 6.92 Å². The second-order valence-electron chi connectivity index (χ2n) is 5.97. The summed E-state index contributed by atoms with van der Waals surface area (Å²) in [6, 6.07) is 10.4. The molecule has 2 rings (SSSR count). The zero-order chi connectivity index (χ0) is 18.4. The molecule has 0 aliphatic heterocycles. The predicted octanol–water partition coefficient (Wildman–Crippen LogP) is 3.91. The maximum absolute atomic E-state index is 11.8. The normalized spacial score (nSPS) is 11.8. The van der Waals surface area contributed by atoms with Crippen LogP contribution in [0.3, 0.4) is 0 Å². The summed E-state index contributed by atoms with van der Waals surface area (Å²) in [6.07, 6.45) is 1.23. The van der Waals surface area contributed by atoms with Gasteiger partial charge in [-0.05, 0) is 60.7 Å². The van der Waals surface area contributed by atoms with Crippen LogP contribution in [-0.4, -0.2) is 29.9 Å². The first kappa shape index (κ1) is 18.6. The molecule has 2 N–H and O–H groups in total. The number of hydrogen-bond acceptors (Lipinski definition) is 4. The quantitative estimate of drug-likeness (QED) is 0.759. The van der Waals surface area contributed by atoms with Gasteiger partial charge in [-0.3, -0.25) is 4.79 Å². The lowest BCUT2D eigenvalue weighted by Gasteiger charge is -2.17. The van der Waals surface area contributed by atoms with Crippen molar-refractivity contribution in [2.24, 2.45) is 0 Å². The Morgan fingerprint density at radius 3 is 2.56 bits per heavy atom. The number of phenols is 1. The standard InChI is InChI=1S/C20H24O5/c1-4-9-25-15-6-7-16(13(2)10-15)17(20(22)23)11-14-5-8-18(21)19(12-14)24-3/h5-8,10,12,17,21H,4,9,11H2,1-3H3,(H,22,23). The molecule has 134 valence electrons. The van der Waals surface area contributed by atoms with Gasteiger partial charge in [0.1, 0.15) is 5.75 Å². The van der Waals surface area contributed by atoms with E-state index >= 15 is 0 Å². The molecule has 0 saturated heterocycles. The average Bonchev–Trinajstić information content (AvgIpc) is 2.59. The lowest BCUT2D eigenvalue weighted by Crippen LogP contribution is -2.16. The van der Waals surface area contributed by atoms with Crippen LogP contribution in [0.1, 0.15) is 36.0 Å². The number of carboxylic acids is 1. The summed E-state index contributed by atoms with van der Waals surface area (Å²) in [5, 5.41) is 19.4. The highest BCUT2D eigenvalue weighted by Crippen LogP contribution is 2.31. The summed E-state index contributed by atoms with van der Waals surface area (Å²) < 4.78 is 10.7. The number of aliphatic carboxylic acids is 1. The van der Waals surface area contributed by atoms with Gasteiger partial charge in [0.05, 0.1) is 19.6 Å². The zero-order valence-electron chi connectivity index (χ0n) is 14.8. The number of carboxylic acid groups (broad SMARTS) is 1. The van der Waals surface area contributed by atoms with Gasteiger partial charge in [-0.2, -0.15) is 0 Å². The van der Waals surface area contributed by atoms with Crippen LogP contribution in [-0.2, 0) is 11.2 Å². The number of carbonyl (C=O) groups is 1. The van der Waals surface area contributed by atoms with Gasteiger partial charge in [0.25, 0.3) is 0 Å². The number of ether oxygens (including phenoxy) is 2. The van der Waals surface area contributed by atoms with Gasteiger partial charge in [-0.1, -0.05) is 19.1 Å². The highest BCUT2D eigenvalue weighted by Gasteiger charge is 2.23. The summed E-state index contributed by atoms with van der Waals surface area (Å²) >= 11 is 0. The maximum Gasteiger partial charge on any atom is 0.311 e. The number of methoxy groups -OCH3 is 1. The molecule has 2 aromatic rings. The largest absolute Gasteiger partial charge is 0.504 e. The van der Waals surface area contributed by atoms with Crippen molar-refractivity contribution in [2.75, 3.05) is 13.7 Å². The molecule has 1 atom stereocenters. The molecular formula is C20H24O5. The molecule has 2 aromatic carbocycles. The molecule has 0 amide bonds. The van der Waals surface area contributed by atoms with E-state index in [1.54, 1.807) is 12.1 Å². The molecule has 0 aromatic heterocycles. The Kier molecular flexibility index (Phi) is 6.28. The second kappa shape index (κ2) is 8.42. The van der Waals surface area contributed by atoms with Crippen molar-refractivity contribution in [3.8, 4) is 17.2 Å². The van der Waals surface area contributed by atoms with Crippen molar-refractivity contribution in [1.82, 2.24) is 0 Å². The molecule has 0 heterocycles. The molecular weight excluding hydrogens is 320 g/mol. The van der Waals surface area contributed by atoms with Crippen LogP contribution >= 0.6 is 0 Å². The SMILES string of the molecule is CCCOc1ccc(C(Cc2ccc(O)c(OC)c2)C(=O)O)c(C)c1. The number of hydrogen-bond donors (Lipinski definition) is 2. The summed E-state index contributed by atoms with van der Waals surface area (Å²) in [4.78, 5) is 11.8. The monoisotopic (exact) mass is 344 g/mol. The van der Waals surface area contributed by atoms with Gasteiger partial charge in [0.2, 0.25) is 0 Å². The average molecular weight is 344 g/mol. The molecule has 0 saturated carbocycles. The van der Waals surface area contributed by atoms with Crippen LogP contribution in [0.25, 0.3) is 0 Å². The number of phenolic OH excluding ortho intramolecular Hbond substituents is 1. The molecule has 0 bridgehead atoms. The van der Waals surface area contributed by atoms with E-state index in [1.807, 2.05) is 32.0 Å². The Morgan fingerprint density at radius 2 is 1.96 bits per heavy atom. The zero-order valence-corrected chi connectivity index (χ0v) is 14.8. The summed E-state index contributed by atoms with van der Waals surface area (Å²) in [7, 11) is 1.46. The Labute approximate surface area is 147 Å². The number of aryl methyl sites for hydroxylation is 1. The first-order valence-corrected chi connectivity index (χ1v) is 8.28. The molecule has 1 unspecified atom stereocenters. The van der Waals surface area contributed by atoms with E-state index in [0.717, 1.165) is 28.9 Å². The van der Waals surface area contributed by atoms with Crippen LogP contribution < -0.4 is 9.47 Å². The van der Waals surface area contributed by atoms with E-state index in [4.69, 9.17) is 9.47 Å². The Balaban J connectivity index is 2.28. The van der Waals surface area contributed by atoms with E-state index in [2.05, 4.69) is 0 Å². The molecule has 0 fully saturated rings. The highest BCUT2D eigenvalue weighted by molar-refractivity contribution is 5.77. The molecule has 0 radical (unpaired) electrons. The van der Waals surface area contributed by atoms with E-state index < -0.39 is 11.9 Å². The van der Waals surface area contributed by atoms with Gasteiger partial charge in [0, 0.05) is 0 Å². The minimum absolute atomic E-state index is 0.0340. The number of benzene rings is 2. The van der Waals surface area contributed by atoms with E-state index in [0.29, 0.717) is 18.8 Å². The topological polar surface area (TPSA) is 76.0 Å². The smallest absolute Gasteiger partial charge is 0.311 e. The van der Waals surface area contributed by atoms with Crippen molar-refractivity contribution in [2.45, 2.75) is 32.6 Å². The van der Waals surface area contributed by atoms with Gasteiger partial charge in [-0.25, -0.2) is 0 Å². The Bertz CT molecular complexity index is 739. The van der Waals surface area contributed by atoms with Crippen LogP contribution in [0.15, 0.2) is 36.4 Å². The van der Waals surface area contributed by atoms with Gasteiger partial charge < -0.3 is 19.7 Å². The fourth-order valence-corrected chi connectivity index (χ4v) is 2.76. The van der Waals surface area contributed by atoms with Crippen molar-refractivity contribution >= 4 is 5.97 Å². The van der Waals surface area contributed by atoms with Crippen LogP contribution in [0.4, 0.5) is 0 Å². The fraction of sp³-hybridized carbons (Fsp3) is 0.350. The Hall–Kier alpha value is -2.69. The molecule has 25 heavy (non-hydrogen) atoms. The first-order valence-electron chi connectivity index (χ1n) is 8.28. The van der Waals surface area contributed by atoms with Crippen molar-refractivity contribution in [1.29, 1.82) is 0 Å². The summed E-state index contributed by atoms with van der Waals surface area (Å²) in [5.74, 6) is -0.459. The minimum Gasteiger partial charge on any atom is -0.504 e. The van der Waals surface area contributed by atoms with Gasteiger partial charge in [0.15, 0.2) is 11.5 Å². The second-order valence-corrected chi connectivity index (χ2v) is 5.97. The minimum atomic E-state index is -0.891. The summed E-state index contributed by atoms with van der Waals surface area (Å²) in [5.41, 5.74) is 2.42. The van der Waals surface area contributed by atoms with E-state index in [1.165, 1.54) is 13.2 Å². The molecule has 0 aliphatic carbocycles. The van der Waals surface area contributed by atoms with Crippen LogP contribution in [0.2, 0.25) is 0 Å². The molecule has 0 aliphatic rings. The van der Waals surface area contributed by atoms with E-state index in [9.17, 15) is 15.0 Å². The fourth-order valence-electron chi connectivity index (χ4n) is 2.76. The van der Waals surface area contributed by atoms with E-state index in [-0.39, 0.29) is 5.75 Å². The third-order valence-electron chi connectivity index (χ3n) is 4.07. The number of rotatable bonds is 8. The lowest BCUT2D eigenvalue weighted by molar-refractivity contribution is -0.138. The predicted molar refractivity (Wildman–Crippen MR) is 95.7 cm³/mol. The summed E-state index contributed by atoms with van der Waals surface area (Å²) in [6.45, 7) is 4.56. The van der Waals surface area contributed by atoms with Gasteiger partial charge in [-0.15, -0.1) is 0 Å². The Morgan fingerprint density at radius 1 is 1.20 bits per heavy atom. The lowest BCUT2D eigenvalue weighted by atomic mass is 9.89. The molecule has 0 spiro atoms. The first-order chi connectivity index (χ1) is 12.0. The van der Waals surface area contributed by atoms with Gasteiger partial charge >= 0.3 is 5.97 Å². The number of aromatic hydroxyl groups is 1. The maximum atomic E-state index is 11.8. The van der Waals surface area contributed by atoms with Crippen molar-refractivity contribution < 1.29 is 24.5 Å².